The topological polar surface area (TPSA) is 33.6 Å². The molecule has 0 aliphatic heterocycles. The van der Waals surface area contributed by atoms with Gasteiger partial charge in [0.25, 0.3) is 0 Å². The summed E-state index contributed by atoms with van der Waals surface area (Å²) in [6.45, 7) is 4.21. The molecule has 0 spiro atoms. The minimum Gasteiger partial charge on any atom is -0.272 e. The average Bonchev–Trinajstić information content (AvgIpc) is 3.25. The Morgan fingerprint density at radius 3 is 2.22 bits per heavy atom. The Kier molecular flexibility index (Phi) is 3.42. The molecule has 3 aromatic rings. The number of nitrogens with one attached hydrogen (secondary N) is 1. The first-order chi connectivity index (χ1) is 11.1. The number of rotatable bonds is 3. The predicted molar refractivity (Wildman–Crippen MR) is 94.8 cm³/mol. The van der Waals surface area contributed by atoms with Gasteiger partial charge in [-0.1, -0.05) is 47.5 Å². The highest BCUT2D eigenvalue weighted by molar-refractivity contribution is 7.71. The third-order valence-electron chi connectivity index (χ3n) is 4.62. The van der Waals surface area contributed by atoms with Gasteiger partial charge in [0.05, 0.1) is 0 Å². The van der Waals surface area contributed by atoms with E-state index in [2.05, 4.69) is 77.1 Å². The van der Waals surface area contributed by atoms with Crippen molar-refractivity contribution in [3.8, 4) is 5.69 Å². The largest absolute Gasteiger partial charge is 0.272 e. The maximum Gasteiger partial charge on any atom is 0.199 e. The molecule has 1 fully saturated rings. The summed E-state index contributed by atoms with van der Waals surface area (Å²) in [5.41, 5.74) is 5.02. The van der Waals surface area contributed by atoms with Gasteiger partial charge in [0.15, 0.2) is 4.77 Å². The SMILES string of the molecule is Cc1ccc([C@H]2C[C@@H]2c2n[nH]c(=S)n2-c2ccc(C)cc2)cc1. The van der Waals surface area contributed by atoms with Gasteiger partial charge in [-0.05, 0) is 56.1 Å². The first-order valence-electron chi connectivity index (χ1n) is 7.94. The Hall–Kier alpha value is -2.20. The lowest BCUT2D eigenvalue weighted by Gasteiger charge is -2.07. The molecule has 0 bridgehead atoms. The van der Waals surface area contributed by atoms with Crippen molar-refractivity contribution in [2.75, 3.05) is 0 Å². The highest BCUT2D eigenvalue weighted by Crippen LogP contribution is 2.54. The molecule has 0 radical (unpaired) electrons. The van der Waals surface area contributed by atoms with Crippen LogP contribution in [0.25, 0.3) is 5.69 Å². The molecular formula is C19H19N3S. The van der Waals surface area contributed by atoms with Crippen LogP contribution in [0, 0.1) is 18.6 Å². The molecule has 116 valence electrons. The minimum absolute atomic E-state index is 0.437. The summed E-state index contributed by atoms with van der Waals surface area (Å²) in [5, 5.41) is 7.48. The second-order valence-electron chi connectivity index (χ2n) is 6.42. The van der Waals surface area contributed by atoms with Crippen LogP contribution in [0.4, 0.5) is 0 Å². The molecule has 0 saturated heterocycles. The van der Waals surface area contributed by atoms with Gasteiger partial charge >= 0.3 is 0 Å². The molecule has 1 saturated carbocycles. The monoisotopic (exact) mass is 321 g/mol. The Labute approximate surface area is 141 Å². The van der Waals surface area contributed by atoms with Crippen LogP contribution < -0.4 is 0 Å². The van der Waals surface area contributed by atoms with Crippen LogP contribution in [0.5, 0.6) is 0 Å². The van der Waals surface area contributed by atoms with Gasteiger partial charge in [0.1, 0.15) is 5.82 Å². The van der Waals surface area contributed by atoms with E-state index in [-0.39, 0.29) is 0 Å². The zero-order valence-electron chi connectivity index (χ0n) is 13.3. The van der Waals surface area contributed by atoms with Crippen molar-refractivity contribution in [3.05, 3.63) is 75.8 Å². The van der Waals surface area contributed by atoms with Crippen LogP contribution >= 0.6 is 12.2 Å². The lowest BCUT2D eigenvalue weighted by atomic mass is 10.1. The van der Waals surface area contributed by atoms with Crippen LogP contribution in [0.15, 0.2) is 48.5 Å². The van der Waals surface area contributed by atoms with Crippen molar-refractivity contribution >= 4 is 12.2 Å². The van der Waals surface area contributed by atoms with Crippen molar-refractivity contribution in [1.29, 1.82) is 0 Å². The Morgan fingerprint density at radius 2 is 1.57 bits per heavy atom. The van der Waals surface area contributed by atoms with Gasteiger partial charge in [-0.15, -0.1) is 0 Å². The van der Waals surface area contributed by atoms with Gasteiger partial charge in [-0.25, -0.2) is 0 Å². The van der Waals surface area contributed by atoms with E-state index in [1.807, 2.05) is 0 Å². The zero-order chi connectivity index (χ0) is 16.0. The Bertz CT molecular complexity index is 888. The maximum absolute atomic E-state index is 5.45. The Morgan fingerprint density at radius 1 is 0.957 bits per heavy atom. The third kappa shape index (κ3) is 2.63. The number of aromatic nitrogens is 3. The highest BCUT2D eigenvalue weighted by Gasteiger charge is 2.43. The molecule has 4 rings (SSSR count). The van der Waals surface area contributed by atoms with E-state index in [9.17, 15) is 0 Å². The molecular weight excluding hydrogens is 302 g/mol. The molecule has 2 atom stereocenters. The van der Waals surface area contributed by atoms with E-state index in [0.717, 1.165) is 17.9 Å². The smallest absolute Gasteiger partial charge is 0.199 e. The number of H-pyrrole nitrogens is 1. The summed E-state index contributed by atoms with van der Waals surface area (Å²) in [5.74, 6) is 2.03. The van der Waals surface area contributed by atoms with Crippen molar-refractivity contribution in [1.82, 2.24) is 14.8 Å². The highest BCUT2D eigenvalue weighted by atomic mass is 32.1. The first-order valence-corrected chi connectivity index (χ1v) is 8.35. The lowest BCUT2D eigenvalue weighted by molar-refractivity contribution is 0.846. The number of hydrogen-bond donors (Lipinski definition) is 1. The summed E-state index contributed by atoms with van der Waals surface area (Å²) >= 11 is 5.45. The van der Waals surface area contributed by atoms with E-state index in [1.165, 1.54) is 16.7 Å². The molecule has 1 heterocycles. The first kappa shape index (κ1) is 14.4. The lowest BCUT2D eigenvalue weighted by Crippen LogP contribution is -2.01. The minimum atomic E-state index is 0.437. The van der Waals surface area contributed by atoms with Crippen molar-refractivity contribution in [3.63, 3.8) is 0 Å². The summed E-state index contributed by atoms with van der Waals surface area (Å²) in [4.78, 5) is 0. The fraction of sp³-hybridized carbons (Fsp3) is 0.263. The fourth-order valence-corrected chi connectivity index (χ4v) is 3.41. The normalized spacial score (nSPS) is 19.7. The molecule has 4 heteroatoms. The van der Waals surface area contributed by atoms with Gasteiger partial charge < -0.3 is 0 Å². The molecule has 1 aliphatic carbocycles. The summed E-state index contributed by atoms with van der Waals surface area (Å²) in [7, 11) is 0. The second kappa shape index (κ2) is 5.46. The maximum atomic E-state index is 5.45. The number of aryl methyl sites for hydroxylation is 2. The number of benzene rings is 2. The number of nitrogens with zero attached hydrogens (tertiary/aromatic N) is 2. The standard InChI is InChI=1S/C19H19N3S/c1-12-3-7-14(8-4-12)16-11-17(16)18-20-21-19(23)22(18)15-9-5-13(2)6-10-15/h3-10,16-17H,11H2,1-2H3,(H,21,23)/t16-,17+/m1/s1. The molecule has 0 unspecified atom stereocenters. The van der Waals surface area contributed by atoms with Crippen molar-refractivity contribution in [2.45, 2.75) is 32.1 Å². The van der Waals surface area contributed by atoms with Gasteiger partial charge in [0, 0.05) is 11.6 Å². The predicted octanol–water partition coefficient (Wildman–Crippen LogP) is 4.82. The molecule has 23 heavy (non-hydrogen) atoms. The van der Waals surface area contributed by atoms with Crippen molar-refractivity contribution < 1.29 is 0 Å². The van der Waals surface area contributed by atoms with Crippen LogP contribution in [0.1, 0.15) is 40.8 Å². The van der Waals surface area contributed by atoms with E-state index in [1.54, 1.807) is 0 Å². The van der Waals surface area contributed by atoms with E-state index in [4.69, 9.17) is 12.2 Å². The molecule has 1 aliphatic rings. The van der Waals surface area contributed by atoms with Crippen LogP contribution in [-0.2, 0) is 0 Å². The zero-order valence-corrected chi connectivity index (χ0v) is 14.1. The second-order valence-corrected chi connectivity index (χ2v) is 6.80. The molecule has 1 N–H and O–H groups in total. The van der Waals surface area contributed by atoms with Crippen molar-refractivity contribution in [2.24, 2.45) is 0 Å². The molecule has 1 aromatic heterocycles. The molecule has 0 amide bonds. The Balaban J connectivity index is 1.68. The van der Waals surface area contributed by atoms with Gasteiger partial charge in [-0.2, -0.15) is 5.10 Å². The molecule has 3 nitrogen and oxygen atoms in total. The quantitative estimate of drug-likeness (QED) is 0.702. The van der Waals surface area contributed by atoms with Gasteiger partial charge in [-0.3, -0.25) is 9.67 Å². The van der Waals surface area contributed by atoms with Crippen LogP contribution in [0.2, 0.25) is 0 Å². The van der Waals surface area contributed by atoms with Crippen LogP contribution in [-0.4, -0.2) is 14.8 Å². The molecule has 2 aromatic carbocycles. The number of hydrogen-bond acceptors (Lipinski definition) is 2. The van der Waals surface area contributed by atoms with E-state index < -0.39 is 0 Å². The summed E-state index contributed by atoms with van der Waals surface area (Å²) < 4.78 is 2.74. The van der Waals surface area contributed by atoms with Crippen LogP contribution in [0.3, 0.4) is 0 Å². The average molecular weight is 321 g/mol. The summed E-state index contributed by atoms with van der Waals surface area (Å²) in [6.07, 6.45) is 1.13. The number of aromatic amines is 1. The fourth-order valence-electron chi connectivity index (χ4n) is 3.16. The van der Waals surface area contributed by atoms with E-state index in [0.29, 0.717) is 16.6 Å². The summed E-state index contributed by atoms with van der Waals surface area (Å²) in [6, 6.07) is 17.3. The van der Waals surface area contributed by atoms with E-state index >= 15 is 0 Å². The van der Waals surface area contributed by atoms with Gasteiger partial charge in [0.2, 0.25) is 0 Å². The third-order valence-corrected chi connectivity index (χ3v) is 4.89.